The maximum Gasteiger partial charge on any atom is 0.239 e. The molecule has 8 nitrogen and oxygen atoms in total. The molecule has 2 aromatic carbocycles. The Bertz CT molecular complexity index is 1030. The summed E-state index contributed by atoms with van der Waals surface area (Å²) >= 11 is 0. The van der Waals surface area contributed by atoms with Crippen molar-refractivity contribution < 1.29 is 19.1 Å². The first-order valence-electron chi connectivity index (χ1n) is 9.74. The van der Waals surface area contributed by atoms with Crippen LogP contribution in [0.3, 0.4) is 0 Å². The van der Waals surface area contributed by atoms with E-state index in [1.807, 2.05) is 24.3 Å². The van der Waals surface area contributed by atoms with Gasteiger partial charge in [-0.3, -0.25) is 9.59 Å². The summed E-state index contributed by atoms with van der Waals surface area (Å²) in [6.07, 6.45) is 0.429. The van der Waals surface area contributed by atoms with Crippen molar-refractivity contribution in [3.63, 3.8) is 0 Å². The van der Waals surface area contributed by atoms with Crippen molar-refractivity contribution in [2.45, 2.75) is 32.4 Å². The summed E-state index contributed by atoms with van der Waals surface area (Å²) in [5, 5.41) is 9.19. The number of carbonyl (C=O) groups excluding carboxylic acids is 2. The monoisotopic (exact) mass is 408 g/mol. The molecule has 2 heterocycles. The van der Waals surface area contributed by atoms with Crippen LogP contribution < -0.4 is 20.5 Å². The van der Waals surface area contributed by atoms with Crippen molar-refractivity contribution in [1.82, 2.24) is 10.3 Å². The zero-order chi connectivity index (χ0) is 21.4. The van der Waals surface area contributed by atoms with Crippen LogP contribution in [0.4, 0.5) is 5.69 Å². The molecule has 0 aliphatic carbocycles. The summed E-state index contributed by atoms with van der Waals surface area (Å²) in [5.74, 6) is 0.954. The third-order valence-electron chi connectivity index (χ3n) is 5.44. The highest BCUT2D eigenvalue weighted by Gasteiger charge is 2.36. The van der Waals surface area contributed by atoms with Crippen LogP contribution in [0.5, 0.6) is 11.5 Å². The fourth-order valence-corrected chi connectivity index (χ4v) is 4.00. The molecule has 2 aliphatic rings. The van der Waals surface area contributed by atoms with Gasteiger partial charge in [0.25, 0.3) is 0 Å². The number of nitrogen functional groups attached to an aromatic ring is 1. The minimum atomic E-state index is -0.568. The molecule has 0 spiro atoms. The van der Waals surface area contributed by atoms with E-state index in [1.54, 1.807) is 19.2 Å². The second kappa shape index (κ2) is 7.79. The first-order chi connectivity index (χ1) is 14.4. The lowest BCUT2D eigenvalue weighted by atomic mass is 9.91. The number of hydrogen-bond acceptors (Lipinski definition) is 7. The van der Waals surface area contributed by atoms with Crippen LogP contribution in [-0.2, 0) is 16.0 Å². The number of ketones is 1. The van der Waals surface area contributed by atoms with E-state index in [-0.39, 0.29) is 18.5 Å². The molecule has 2 atom stereocenters. The Labute approximate surface area is 174 Å². The van der Waals surface area contributed by atoms with Crippen LogP contribution in [0.1, 0.15) is 30.5 Å². The molecular formula is C22H24N4O4. The lowest BCUT2D eigenvalue weighted by molar-refractivity contribution is -0.133. The van der Waals surface area contributed by atoms with Crippen molar-refractivity contribution in [2.75, 3.05) is 19.6 Å². The number of fused-ring (bicyclic) bond motifs is 2. The summed E-state index contributed by atoms with van der Waals surface area (Å²) in [6.45, 7) is 3.11. The smallest absolute Gasteiger partial charge is 0.239 e. The standard InChI is InChI=1S/C22H24N4O4/c1-12(27)21(24-3)18-8-15-9-19-20(30-11-29-19)10-17(15)22(25-26(18)13(2)28)14-4-6-16(23)7-5-14/h4-7,9-10,18,21,24H,8,11,23H2,1-3H3. The van der Waals surface area contributed by atoms with Crippen molar-refractivity contribution in [3.8, 4) is 11.5 Å². The number of benzene rings is 2. The topological polar surface area (TPSA) is 106 Å². The Morgan fingerprint density at radius 1 is 1.17 bits per heavy atom. The van der Waals surface area contributed by atoms with Gasteiger partial charge in [0.15, 0.2) is 11.5 Å². The van der Waals surface area contributed by atoms with E-state index >= 15 is 0 Å². The van der Waals surface area contributed by atoms with Crippen LogP contribution in [0.25, 0.3) is 0 Å². The summed E-state index contributed by atoms with van der Waals surface area (Å²) in [4.78, 5) is 24.9. The molecule has 3 N–H and O–H groups in total. The van der Waals surface area contributed by atoms with Gasteiger partial charge in [0.1, 0.15) is 5.78 Å². The zero-order valence-electron chi connectivity index (χ0n) is 17.1. The molecule has 2 aromatic rings. The molecule has 0 radical (unpaired) electrons. The van der Waals surface area contributed by atoms with Gasteiger partial charge >= 0.3 is 0 Å². The van der Waals surface area contributed by atoms with E-state index in [2.05, 4.69) is 5.32 Å². The predicted octanol–water partition coefficient (Wildman–Crippen LogP) is 1.70. The fraction of sp³-hybridized carbons (Fsp3) is 0.318. The fourth-order valence-electron chi connectivity index (χ4n) is 4.00. The van der Waals surface area contributed by atoms with Gasteiger partial charge in [0, 0.05) is 23.7 Å². The molecule has 0 fully saturated rings. The lowest BCUT2D eigenvalue weighted by Gasteiger charge is -2.31. The Morgan fingerprint density at radius 3 is 2.43 bits per heavy atom. The molecule has 4 rings (SSSR count). The third-order valence-corrected chi connectivity index (χ3v) is 5.44. The summed E-state index contributed by atoms with van der Waals surface area (Å²) < 4.78 is 11.1. The van der Waals surface area contributed by atoms with Gasteiger partial charge in [-0.1, -0.05) is 12.1 Å². The maximum atomic E-state index is 12.6. The molecule has 2 unspecified atom stereocenters. The number of nitrogens with one attached hydrogen (secondary N) is 1. The second-order valence-electron chi connectivity index (χ2n) is 7.45. The predicted molar refractivity (Wildman–Crippen MR) is 113 cm³/mol. The molecule has 2 aliphatic heterocycles. The lowest BCUT2D eigenvalue weighted by Crippen LogP contribution is -2.53. The molecule has 0 saturated heterocycles. The number of Topliss-reactive ketones (excluding diaryl/α,β-unsaturated/α-hetero) is 1. The van der Waals surface area contributed by atoms with E-state index in [4.69, 9.17) is 20.3 Å². The molecule has 30 heavy (non-hydrogen) atoms. The first kappa shape index (κ1) is 19.9. The van der Waals surface area contributed by atoms with Gasteiger partial charge in [-0.05, 0) is 50.2 Å². The number of hydrazone groups is 1. The van der Waals surface area contributed by atoms with Crippen LogP contribution >= 0.6 is 0 Å². The third kappa shape index (κ3) is 3.50. The van der Waals surface area contributed by atoms with Crippen LogP contribution in [0.15, 0.2) is 41.5 Å². The Hall–Kier alpha value is -3.39. The summed E-state index contributed by atoms with van der Waals surface area (Å²) in [6, 6.07) is 10.0. The number of hydrogen-bond donors (Lipinski definition) is 2. The molecule has 0 aromatic heterocycles. The number of rotatable bonds is 4. The molecular weight excluding hydrogens is 384 g/mol. The number of likely N-dealkylation sites (N-methyl/N-ethyl adjacent to an activating group) is 1. The van der Waals surface area contributed by atoms with Gasteiger partial charge in [-0.2, -0.15) is 5.10 Å². The van der Waals surface area contributed by atoms with Gasteiger partial charge < -0.3 is 20.5 Å². The van der Waals surface area contributed by atoms with Crippen molar-refractivity contribution in [2.24, 2.45) is 5.10 Å². The SMILES string of the molecule is CNC(C(C)=O)C1Cc2cc3c(cc2C(c2ccc(N)cc2)=NN1C(C)=O)OCO3. The van der Waals surface area contributed by atoms with E-state index in [1.165, 1.54) is 18.9 Å². The second-order valence-corrected chi connectivity index (χ2v) is 7.45. The highest BCUT2D eigenvalue weighted by Crippen LogP contribution is 2.38. The quantitative estimate of drug-likeness (QED) is 0.746. The molecule has 1 amide bonds. The minimum absolute atomic E-state index is 0.0674. The number of nitrogens with two attached hydrogens (primary N) is 1. The highest BCUT2D eigenvalue weighted by atomic mass is 16.7. The van der Waals surface area contributed by atoms with Gasteiger partial charge in [-0.25, -0.2) is 5.01 Å². The van der Waals surface area contributed by atoms with Crippen LogP contribution in [0, 0.1) is 0 Å². The van der Waals surface area contributed by atoms with E-state index in [0.29, 0.717) is 29.3 Å². The van der Waals surface area contributed by atoms with Gasteiger partial charge in [0.2, 0.25) is 12.7 Å². The first-order valence-corrected chi connectivity index (χ1v) is 9.74. The van der Waals surface area contributed by atoms with E-state index in [9.17, 15) is 9.59 Å². The van der Waals surface area contributed by atoms with Crippen LogP contribution in [-0.4, -0.2) is 48.3 Å². The number of ether oxygens (including phenoxy) is 2. The Morgan fingerprint density at radius 2 is 1.83 bits per heavy atom. The zero-order valence-corrected chi connectivity index (χ0v) is 17.1. The average molecular weight is 408 g/mol. The van der Waals surface area contributed by atoms with Crippen molar-refractivity contribution in [3.05, 3.63) is 53.1 Å². The average Bonchev–Trinajstić information content (AvgIpc) is 3.09. The van der Waals surface area contributed by atoms with Gasteiger partial charge in [-0.15, -0.1) is 0 Å². The van der Waals surface area contributed by atoms with E-state index < -0.39 is 12.1 Å². The van der Waals surface area contributed by atoms with Crippen LogP contribution in [0.2, 0.25) is 0 Å². The summed E-state index contributed by atoms with van der Waals surface area (Å²) in [5.41, 5.74) is 9.66. The Balaban J connectivity index is 1.94. The van der Waals surface area contributed by atoms with Gasteiger partial charge in [0.05, 0.1) is 17.8 Å². The molecule has 156 valence electrons. The number of carbonyl (C=O) groups is 2. The van der Waals surface area contributed by atoms with Crippen molar-refractivity contribution >= 4 is 23.1 Å². The number of anilines is 1. The summed E-state index contributed by atoms with van der Waals surface area (Å²) in [7, 11) is 1.71. The molecule has 0 bridgehead atoms. The molecule has 0 saturated carbocycles. The Kier molecular flexibility index (Phi) is 5.17. The molecule has 8 heteroatoms. The van der Waals surface area contributed by atoms with E-state index in [0.717, 1.165) is 16.7 Å². The normalized spacial score (nSPS) is 18.3. The highest BCUT2D eigenvalue weighted by molar-refractivity contribution is 6.14. The minimum Gasteiger partial charge on any atom is -0.454 e. The largest absolute Gasteiger partial charge is 0.454 e. The maximum absolute atomic E-state index is 12.6. The number of amides is 1. The number of nitrogens with zero attached hydrogens (tertiary/aromatic N) is 2. The van der Waals surface area contributed by atoms with Crippen molar-refractivity contribution in [1.29, 1.82) is 0 Å².